The number of halogens is 1. The highest BCUT2D eigenvalue weighted by molar-refractivity contribution is 7.21. The third kappa shape index (κ3) is 4.54. The van der Waals surface area contributed by atoms with Crippen LogP contribution in [0.2, 0.25) is 0 Å². The van der Waals surface area contributed by atoms with E-state index in [2.05, 4.69) is 62.2 Å². The van der Waals surface area contributed by atoms with Crippen LogP contribution in [-0.2, 0) is 5.41 Å². The van der Waals surface area contributed by atoms with E-state index in [1.54, 1.807) is 11.3 Å². The van der Waals surface area contributed by atoms with Gasteiger partial charge in [0, 0.05) is 39.2 Å². The molecule has 0 aliphatic carbocycles. The van der Waals surface area contributed by atoms with Crippen LogP contribution in [0.4, 0.5) is 10.1 Å². The number of thiazole rings is 1. The number of aromatic nitrogens is 1. The number of phenols is 1. The molecular formula is C36H27FN2O2S. The molecule has 2 heterocycles. The minimum Gasteiger partial charge on any atom is -0.507 e. The van der Waals surface area contributed by atoms with Crippen LogP contribution in [0.1, 0.15) is 31.9 Å². The first-order valence-corrected chi connectivity index (χ1v) is 14.6. The van der Waals surface area contributed by atoms with Crippen LogP contribution in [0, 0.1) is 5.82 Å². The SMILES string of the molecule is CC(C)(C)c1cc(-c2cccc3c2oc2ccccc23)c2nc(-c3ccccc3N=Cc3cc(F)ccc3O)sc2c1. The summed E-state index contributed by atoms with van der Waals surface area (Å²) >= 11 is 1.62. The van der Waals surface area contributed by atoms with Gasteiger partial charge in [0.05, 0.1) is 15.9 Å². The first-order valence-electron chi connectivity index (χ1n) is 13.7. The molecular weight excluding hydrogens is 543 g/mol. The smallest absolute Gasteiger partial charge is 0.143 e. The van der Waals surface area contributed by atoms with Crippen molar-refractivity contribution in [1.29, 1.82) is 0 Å². The summed E-state index contributed by atoms with van der Waals surface area (Å²) in [6.45, 7) is 6.65. The highest BCUT2D eigenvalue weighted by Crippen LogP contribution is 2.44. The average Bonchev–Trinajstić information content (AvgIpc) is 3.59. The van der Waals surface area contributed by atoms with E-state index in [9.17, 15) is 9.50 Å². The van der Waals surface area contributed by atoms with Crippen LogP contribution in [0.25, 0.3) is 53.9 Å². The average molecular weight is 571 g/mol. The Kier molecular flexibility index (Phi) is 6.17. The van der Waals surface area contributed by atoms with Crippen LogP contribution in [0.5, 0.6) is 5.75 Å². The van der Waals surface area contributed by atoms with Gasteiger partial charge < -0.3 is 9.52 Å². The molecule has 4 nitrogen and oxygen atoms in total. The molecule has 0 fully saturated rings. The Labute approximate surface area is 246 Å². The molecule has 42 heavy (non-hydrogen) atoms. The quantitative estimate of drug-likeness (QED) is 0.214. The Morgan fingerprint density at radius 1 is 0.833 bits per heavy atom. The van der Waals surface area contributed by atoms with Gasteiger partial charge in [0.15, 0.2) is 0 Å². The molecule has 0 radical (unpaired) electrons. The van der Waals surface area contributed by atoms with Crippen molar-refractivity contribution < 1.29 is 13.9 Å². The van der Waals surface area contributed by atoms with Crippen LogP contribution in [-0.4, -0.2) is 16.3 Å². The molecule has 0 bridgehead atoms. The Morgan fingerprint density at radius 2 is 1.60 bits per heavy atom. The molecule has 0 amide bonds. The third-order valence-corrected chi connectivity index (χ3v) is 8.56. The minimum atomic E-state index is -0.435. The minimum absolute atomic E-state index is 0.0308. The van der Waals surface area contributed by atoms with Crippen molar-refractivity contribution in [2.45, 2.75) is 26.2 Å². The Morgan fingerprint density at radius 3 is 2.45 bits per heavy atom. The maximum Gasteiger partial charge on any atom is 0.143 e. The molecule has 0 saturated carbocycles. The van der Waals surface area contributed by atoms with Gasteiger partial charge in [0.1, 0.15) is 27.7 Å². The van der Waals surface area contributed by atoms with Crippen molar-refractivity contribution in [3.63, 3.8) is 0 Å². The van der Waals surface area contributed by atoms with Crippen molar-refractivity contribution in [2.24, 2.45) is 4.99 Å². The number of hydrogen-bond acceptors (Lipinski definition) is 5. The van der Waals surface area contributed by atoms with Crippen molar-refractivity contribution in [3.05, 3.63) is 114 Å². The van der Waals surface area contributed by atoms with E-state index in [4.69, 9.17) is 9.40 Å². The van der Waals surface area contributed by atoms with E-state index in [0.717, 1.165) is 53.9 Å². The molecule has 206 valence electrons. The van der Waals surface area contributed by atoms with Gasteiger partial charge in [0.25, 0.3) is 0 Å². The number of fused-ring (bicyclic) bond motifs is 4. The number of hydrogen-bond donors (Lipinski definition) is 1. The molecule has 6 heteroatoms. The second kappa shape index (κ2) is 9.93. The van der Waals surface area contributed by atoms with E-state index < -0.39 is 5.82 Å². The lowest BCUT2D eigenvalue weighted by Crippen LogP contribution is -2.11. The largest absolute Gasteiger partial charge is 0.507 e. The molecule has 7 rings (SSSR count). The molecule has 7 aromatic rings. The first-order chi connectivity index (χ1) is 20.3. The van der Waals surface area contributed by atoms with E-state index in [-0.39, 0.29) is 11.2 Å². The van der Waals surface area contributed by atoms with Gasteiger partial charge in [-0.15, -0.1) is 11.3 Å². The van der Waals surface area contributed by atoms with Crippen molar-refractivity contribution in [2.75, 3.05) is 0 Å². The number of rotatable bonds is 4. The lowest BCUT2D eigenvalue weighted by atomic mass is 9.85. The summed E-state index contributed by atoms with van der Waals surface area (Å²) in [7, 11) is 0. The van der Waals surface area contributed by atoms with E-state index in [1.807, 2.05) is 42.5 Å². The van der Waals surface area contributed by atoms with Crippen LogP contribution in [0.3, 0.4) is 0 Å². The van der Waals surface area contributed by atoms with Crippen LogP contribution >= 0.6 is 11.3 Å². The summed E-state index contributed by atoms with van der Waals surface area (Å²) in [5, 5.41) is 13.2. The zero-order chi connectivity index (χ0) is 29.0. The zero-order valence-electron chi connectivity index (χ0n) is 23.4. The monoisotopic (exact) mass is 570 g/mol. The standard InChI is InChI=1S/C36H27FN2O2S/c1-36(2,3)22-18-28(26-12-8-11-25-24-9-5-7-14-31(24)41-34(25)26)33-32(19-22)42-35(39-33)27-10-4-6-13-29(27)38-20-21-17-23(37)15-16-30(21)40/h4-20,40H,1-3H3. The predicted molar refractivity (Wildman–Crippen MR) is 172 cm³/mol. The Balaban J connectivity index is 1.43. The zero-order valence-corrected chi connectivity index (χ0v) is 24.2. The van der Waals surface area contributed by atoms with Crippen LogP contribution < -0.4 is 0 Å². The fourth-order valence-corrected chi connectivity index (χ4v) is 6.34. The van der Waals surface area contributed by atoms with Gasteiger partial charge >= 0.3 is 0 Å². The van der Waals surface area contributed by atoms with E-state index >= 15 is 0 Å². The normalized spacial score (nSPS) is 12.3. The predicted octanol–water partition coefficient (Wildman–Crippen LogP) is 10.4. The molecule has 0 aliphatic heterocycles. The fourth-order valence-electron chi connectivity index (χ4n) is 5.28. The number of furan rings is 1. The van der Waals surface area contributed by atoms with Gasteiger partial charge in [-0.25, -0.2) is 9.37 Å². The van der Waals surface area contributed by atoms with Gasteiger partial charge in [-0.1, -0.05) is 69.3 Å². The molecule has 0 spiro atoms. The fraction of sp³-hybridized carbons (Fsp3) is 0.111. The maximum absolute atomic E-state index is 13.8. The van der Waals surface area contributed by atoms with Gasteiger partial charge in [-0.2, -0.15) is 0 Å². The van der Waals surface area contributed by atoms with Crippen molar-refractivity contribution >= 4 is 55.4 Å². The lowest BCUT2D eigenvalue weighted by Gasteiger charge is -2.20. The number of aromatic hydroxyl groups is 1. The molecule has 0 atom stereocenters. The highest BCUT2D eigenvalue weighted by Gasteiger charge is 2.22. The molecule has 0 aliphatic rings. The van der Waals surface area contributed by atoms with Gasteiger partial charge in [-0.05, 0) is 59.5 Å². The van der Waals surface area contributed by atoms with Crippen molar-refractivity contribution in [3.8, 4) is 27.4 Å². The summed E-state index contributed by atoms with van der Waals surface area (Å²) in [4.78, 5) is 9.81. The second-order valence-corrected chi connectivity index (χ2v) is 12.4. The maximum atomic E-state index is 13.8. The second-order valence-electron chi connectivity index (χ2n) is 11.4. The summed E-state index contributed by atoms with van der Waals surface area (Å²) < 4.78 is 21.3. The molecule has 0 unspecified atom stereocenters. The van der Waals surface area contributed by atoms with E-state index in [1.165, 1.54) is 30.0 Å². The third-order valence-electron chi connectivity index (χ3n) is 7.52. The molecule has 0 saturated heterocycles. The highest BCUT2D eigenvalue weighted by atomic mass is 32.1. The summed E-state index contributed by atoms with van der Waals surface area (Å²) in [6, 6.07) is 30.4. The Hall–Kier alpha value is -4.81. The molecule has 2 aromatic heterocycles. The Bertz CT molecular complexity index is 2170. The topological polar surface area (TPSA) is 58.6 Å². The molecule has 1 N–H and O–H groups in total. The number of nitrogens with zero attached hydrogens (tertiary/aromatic N) is 2. The lowest BCUT2D eigenvalue weighted by molar-refractivity contribution is 0.472. The summed E-state index contributed by atoms with van der Waals surface area (Å²) in [5.41, 5.74) is 7.61. The summed E-state index contributed by atoms with van der Waals surface area (Å²) in [6.07, 6.45) is 1.48. The van der Waals surface area contributed by atoms with Gasteiger partial charge in [-0.3, -0.25) is 4.99 Å². The summed E-state index contributed by atoms with van der Waals surface area (Å²) in [5.74, 6) is -0.466. The number of phenolic OH excluding ortho intramolecular Hbond substituents is 1. The van der Waals surface area contributed by atoms with E-state index in [0.29, 0.717) is 11.3 Å². The first kappa shape index (κ1) is 26.1. The molecule has 5 aromatic carbocycles. The van der Waals surface area contributed by atoms with Crippen molar-refractivity contribution in [1.82, 2.24) is 4.98 Å². The van der Waals surface area contributed by atoms with Gasteiger partial charge in [0.2, 0.25) is 0 Å². The number of para-hydroxylation sites is 3. The number of aliphatic imine (C=N–C) groups is 1. The van der Waals surface area contributed by atoms with Crippen LogP contribution in [0.15, 0.2) is 106 Å². The number of benzene rings is 5.